The predicted molar refractivity (Wildman–Crippen MR) is 203 cm³/mol. The summed E-state index contributed by atoms with van der Waals surface area (Å²) in [5, 5.41) is 15.7. The Morgan fingerprint density at radius 3 is 1.98 bits per heavy atom. The Morgan fingerprint density at radius 1 is 0.889 bits per heavy atom. The number of ketones is 1. The molecular weight excluding hydrogens is 575 g/mol. The Labute approximate surface area is 276 Å². The third-order valence-corrected chi connectivity index (χ3v) is 8.28. The van der Waals surface area contributed by atoms with Crippen LogP contribution in [0.3, 0.4) is 0 Å². The van der Waals surface area contributed by atoms with E-state index >= 15 is 0 Å². The molecule has 248 valence electrons. The highest BCUT2D eigenvalue weighted by atomic mass is 32.2. The molecule has 45 heavy (non-hydrogen) atoms. The number of allylic oxidation sites excluding steroid dienone is 1. The van der Waals surface area contributed by atoms with Crippen LogP contribution in [-0.4, -0.2) is 46.9 Å². The number of benzene rings is 1. The van der Waals surface area contributed by atoms with Crippen LogP contribution in [0.1, 0.15) is 59.4 Å². The van der Waals surface area contributed by atoms with E-state index in [1.807, 2.05) is 36.4 Å². The summed E-state index contributed by atoms with van der Waals surface area (Å²) < 4.78 is 2.10. The molecule has 0 aliphatic carbocycles. The minimum absolute atomic E-state index is 0.0343. The number of aryl methyl sites for hydroxylation is 1. The Balaban J connectivity index is 0.00000187. The summed E-state index contributed by atoms with van der Waals surface area (Å²) in [4.78, 5) is 11.2. The fourth-order valence-corrected chi connectivity index (χ4v) is 4.33. The van der Waals surface area contributed by atoms with E-state index in [9.17, 15) is 4.79 Å². The van der Waals surface area contributed by atoms with Crippen LogP contribution >= 0.6 is 10.5 Å². The molecule has 0 amide bonds. The third-order valence-electron chi connectivity index (χ3n) is 7.29. The van der Waals surface area contributed by atoms with Gasteiger partial charge < -0.3 is 30.6 Å². The smallest absolute Gasteiger partial charge is 0.130 e. The Kier molecular flexibility index (Phi) is 17.8. The van der Waals surface area contributed by atoms with E-state index in [1.54, 1.807) is 6.92 Å². The molecule has 0 bridgehead atoms. The summed E-state index contributed by atoms with van der Waals surface area (Å²) in [5.41, 5.74) is 5.65. The van der Waals surface area contributed by atoms with Crippen molar-refractivity contribution in [3.8, 4) is 0 Å². The van der Waals surface area contributed by atoms with Gasteiger partial charge >= 0.3 is 0 Å². The Morgan fingerprint density at radius 2 is 1.47 bits per heavy atom. The molecule has 1 aromatic carbocycles. The molecule has 2 rings (SSSR count). The van der Waals surface area contributed by atoms with Crippen LogP contribution in [0.5, 0.6) is 0 Å². The van der Waals surface area contributed by atoms with Gasteiger partial charge in [-0.25, -0.2) is 0 Å². The number of carbonyl (C=O) groups is 1. The lowest BCUT2D eigenvalue weighted by molar-refractivity contribution is -0.116. The molecular formula is C38H59N5OS. The molecule has 1 heterocycles. The molecule has 3 unspecified atom stereocenters. The molecule has 3 atom stereocenters. The summed E-state index contributed by atoms with van der Waals surface area (Å²) in [5.74, 6) is 5.70. The van der Waals surface area contributed by atoms with Gasteiger partial charge in [-0.2, -0.15) is 10.5 Å². The fraction of sp³-hybridized carbons (Fsp3) is 0.421. The zero-order valence-corrected chi connectivity index (χ0v) is 29.7. The lowest BCUT2D eigenvalue weighted by atomic mass is 10.0. The number of Topliss-reactive ketones (excluding diaryl/α,β-unsaturated/α-hetero) is 1. The highest BCUT2D eigenvalue weighted by molar-refractivity contribution is 8.13. The molecule has 6 nitrogen and oxygen atoms in total. The summed E-state index contributed by atoms with van der Waals surface area (Å²) in [7, 11) is 0.427. The van der Waals surface area contributed by atoms with Crippen molar-refractivity contribution in [2.24, 2.45) is 5.92 Å². The van der Waals surface area contributed by atoms with Gasteiger partial charge in [0.25, 0.3) is 0 Å². The number of nitrogens with one attached hydrogen (secondary N) is 4. The molecule has 7 heteroatoms. The average Bonchev–Trinajstić information content (AvgIpc) is 3.30. The standard InChI is InChI=1S/C34H49N5O.C4H10S/c1-23(2)21-34(37-24(3)19-20-39-26(5)11-12-27(39)6)31(10)38-30(9)29(8)35-22-25(4)36-33-17-15-32(16-18-33)14-13-28(7)40;1-4-5(2)3/h11-12,15-18,23,30,34-38H,3-6,8,10,13-14,19-22H2,1-2,7,9H3;2,4H2,1,3H3. The topological polar surface area (TPSA) is 70.1 Å². The number of rotatable bonds is 20. The van der Waals surface area contributed by atoms with Crippen molar-refractivity contribution in [2.45, 2.75) is 78.9 Å². The number of carbonyl (C=O) groups excluding carboxylic acids is 1. The minimum atomic E-state index is -0.0343. The van der Waals surface area contributed by atoms with Gasteiger partial charge in [-0.05, 0) is 74.4 Å². The van der Waals surface area contributed by atoms with Crippen LogP contribution in [0.25, 0.3) is 13.2 Å². The van der Waals surface area contributed by atoms with E-state index in [0.29, 0.717) is 29.4 Å². The Hall–Kier alpha value is -3.71. The maximum absolute atomic E-state index is 11.2. The number of anilines is 1. The number of nitrogens with zero attached hydrogens (tertiary/aromatic N) is 1. The molecule has 1 aromatic heterocycles. The molecule has 0 radical (unpaired) electrons. The third kappa shape index (κ3) is 16.3. The van der Waals surface area contributed by atoms with Crippen LogP contribution in [-0.2, 0) is 17.8 Å². The molecule has 4 N–H and O–H groups in total. The molecule has 2 aromatic rings. The number of aromatic nitrogens is 1. The van der Waals surface area contributed by atoms with Crippen molar-refractivity contribution in [3.05, 3.63) is 102 Å². The first-order chi connectivity index (χ1) is 21.1. The second-order valence-electron chi connectivity index (χ2n) is 12.1. The summed E-state index contributed by atoms with van der Waals surface area (Å²) >= 11 is 0. The van der Waals surface area contributed by atoms with Gasteiger partial charge in [0, 0.05) is 58.6 Å². The van der Waals surface area contributed by atoms with Crippen LogP contribution in [0.4, 0.5) is 5.69 Å². The quantitative estimate of drug-likeness (QED) is 0.129. The van der Waals surface area contributed by atoms with Gasteiger partial charge in [0.15, 0.2) is 0 Å². The zero-order valence-electron chi connectivity index (χ0n) is 28.9. The van der Waals surface area contributed by atoms with Gasteiger partial charge in [-0.15, -0.1) is 0 Å². The van der Waals surface area contributed by atoms with E-state index in [-0.39, 0.29) is 17.9 Å². The summed E-state index contributed by atoms with van der Waals surface area (Å²) in [6.45, 7) is 36.7. The monoisotopic (exact) mass is 633 g/mol. The van der Waals surface area contributed by atoms with E-state index in [0.717, 1.165) is 70.5 Å². The predicted octanol–water partition coefficient (Wildman–Crippen LogP) is 6.30. The van der Waals surface area contributed by atoms with Crippen molar-refractivity contribution in [3.63, 3.8) is 0 Å². The second-order valence-corrected chi connectivity index (χ2v) is 14.3. The normalized spacial score (nSPS) is 12.6. The highest BCUT2D eigenvalue weighted by Crippen LogP contribution is 2.15. The van der Waals surface area contributed by atoms with E-state index in [4.69, 9.17) is 0 Å². The molecule has 0 saturated carbocycles. The average molecular weight is 634 g/mol. The first-order valence-electron chi connectivity index (χ1n) is 15.7. The van der Waals surface area contributed by atoms with Crippen molar-refractivity contribution in [1.82, 2.24) is 20.5 Å². The molecule has 0 aliphatic rings. The van der Waals surface area contributed by atoms with Gasteiger partial charge in [0.1, 0.15) is 5.78 Å². The zero-order chi connectivity index (χ0) is 34.1. The number of hydrogen-bond acceptors (Lipinski definition) is 5. The van der Waals surface area contributed by atoms with Crippen LogP contribution in [0.15, 0.2) is 85.5 Å². The largest absolute Gasteiger partial charge is 0.382 e. The summed E-state index contributed by atoms with van der Waals surface area (Å²) in [6.07, 6.45) is 5.17. The van der Waals surface area contributed by atoms with Crippen molar-refractivity contribution in [2.75, 3.05) is 23.9 Å². The van der Waals surface area contributed by atoms with E-state index in [2.05, 4.69) is 105 Å². The van der Waals surface area contributed by atoms with E-state index in [1.165, 1.54) is 5.75 Å². The first kappa shape index (κ1) is 39.3. The Bertz CT molecular complexity index is 1370. The van der Waals surface area contributed by atoms with E-state index < -0.39 is 0 Å². The molecule has 0 saturated heterocycles. The van der Waals surface area contributed by atoms with Crippen LogP contribution in [0.2, 0.25) is 0 Å². The van der Waals surface area contributed by atoms with Gasteiger partial charge in [-0.3, -0.25) is 0 Å². The molecule has 0 fully saturated rings. The molecule has 0 spiro atoms. The first-order valence-corrected chi connectivity index (χ1v) is 17.7. The minimum Gasteiger partial charge on any atom is -0.382 e. The molecule has 0 aliphatic heterocycles. The lowest BCUT2D eigenvalue weighted by Crippen LogP contribution is -2.42. The van der Waals surface area contributed by atoms with Gasteiger partial charge in [0.2, 0.25) is 0 Å². The second kappa shape index (κ2) is 20.3. The van der Waals surface area contributed by atoms with Crippen LogP contribution < -0.4 is 32.0 Å². The maximum Gasteiger partial charge on any atom is 0.130 e. The fourth-order valence-electron chi connectivity index (χ4n) is 4.33. The SMILES string of the molecule is C=C(CNC(=C)C(C)NC(=C)C(CC(C)C)NC(=C)CCn1c(=C)ccc1=C)Nc1ccc(CCC(C)=O)cc1.C=S(C)CC. The van der Waals surface area contributed by atoms with Crippen molar-refractivity contribution >= 4 is 41.0 Å². The van der Waals surface area contributed by atoms with Gasteiger partial charge in [0.05, 0.1) is 18.6 Å². The number of hydrogen-bond donors (Lipinski definition) is 4. The summed E-state index contributed by atoms with van der Waals surface area (Å²) in [6, 6.07) is 12.1. The van der Waals surface area contributed by atoms with Gasteiger partial charge in [-0.1, -0.05) is 78.2 Å². The van der Waals surface area contributed by atoms with Crippen molar-refractivity contribution in [1.29, 1.82) is 0 Å². The highest BCUT2D eigenvalue weighted by Gasteiger charge is 2.18. The van der Waals surface area contributed by atoms with Crippen molar-refractivity contribution < 1.29 is 4.79 Å². The maximum atomic E-state index is 11.2. The van der Waals surface area contributed by atoms with Crippen LogP contribution in [0, 0.1) is 5.92 Å². The lowest BCUT2D eigenvalue weighted by Gasteiger charge is -2.29.